The Labute approximate surface area is 163 Å². The van der Waals surface area contributed by atoms with Gasteiger partial charge in [0, 0.05) is 7.11 Å². The summed E-state index contributed by atoms with van der Waals surface area (Å²) in [5, 5.41) is 9.59. The van der Waals surface area contributed by atoms with Crippen molar-refractivity contribution >= 4 is 17.6 Å². The predicted octanol–water partition coefficient (Wildman–Crippen LogP) is 3.33. The molecule has 2 rings (SSSR count). The lowest BCUT2D eigenvalue weighted by Gasteiger charge is -2.11. The van der Waals surface area contributed by atoms with Crippen molar-refractivity contribution in [3.63, 3.8) is 0 Å². The number of hydrogen-bond donors (Lipinski definition) is 0. The summed E-state index contributed by atoms with van der Waals surface area (Å²) in [4.78, 5) is 11.6. The normalized spacial score (nSPS) is 10.8. The molecule has 2 aromatic rings. The molecular weight excluding hydrogens is 362 g/mol. The topological polar surface area (TPSA) is 87.0 Å². The third-order valence-corrected chi connectivity index (χ3v) is 3.80. The molecule has 0 fully saturated rings. The Balaban J connectivity index is 2.36. The van der Waals surface area contributed by atoms with Crippen LogP contribution in [0.3, 0.4) is 0 Å². The van der Waals surface area contributed by atoms with Gasteiger partial charge in [-0.3, -0.25) is 0 Å². The minimum absolute atomic E-state index is 0.164. The molecule has 0 aliphatic heterocycles. The van der Waals surface area contributed by atoms with Crippen LogP contribution in [0.1, 0.15) is 11.1 Å². The van der Waals surface area contributed by atoms with Gasteiger partial charge in [0.15, 0.2) is 23.0 Å². The van der Waals surface area contributed by atoms with Crippen molar-refractivity contribution in [1.82, 2.24) is 0 Å². The smallest absolute Gasteiger partial charge is 0.337 e. The lowest BCUT2D eigenvalue weighted by atomic mass is 10.0. The number of rotatable bonds is 8. The van der Waals surface area contributed by atoms with E-state index in [0.29, 0.717) is 33.9 Å². The third-order valence-electron chi connectivity index (χ3n) is 3.80. The summed E-state index contributed by atoms with van der Waals surface area (Å²) in [6.45, 7) is -0.164. The molecule has 0 unspecified atom stereocenters. The van der Waals surface area contributed by atoms with E-state index < -0.39 is 5.97 Å². The molecule has 0 amide bonds. The molecule has 28 heavy (non-hydrogen) atoms. The zero-order chi connectivity index (χ0) is 20.5. The Morgan fingerprint density at radius 1 is 0.929 bits per heavy atom. The van der Waals surface area contributed by atoms with Gasteiger partial charge in [0.05, 0.1) is 33.0 Å². The molecule has 0 heterocycles. The summed E-state index contributed by atoms with van der Waals surface area (Å²) in [6.07, 6.45) is 1.70. The van der Waals surface area contributed by atoms with Gasteiger partial charge in [0.2, 0.25) is 0 Å². The maximum Gasteiger partial charge on any atom is 0.337 e. The minimum atomic E-state index is -0.535. The summed E-state index contributed by atoms with van der Waals surface area (Å²) >= 11 is 0. The number of methoxy groups -OCH3 is 4. The fraction of sp³-hybridized carbons (Fsp3) is 0.238. The molecule has 0 spiro atoms. The van der Waals surface area contributed by atoms with Gasteiger partial charge in [-0.1, -0.05) is 6.07 Å². The molecule has 0 aliphatic carbocycles. The Kier molecular flexibility index (Phi) is 7.43. The molecule has 7 nitrogen and oxygen atoms in total. The highest BCUT2D eigenvalue weighted by Crippen LogP contribution is 2.33. The molecule has 0 aliphatic rings. The molecular formula is C21H21NO6. The van der Waals surface area contributed by atoms with E-state index in [2.05, 4.69) is 6.07 Å². The highest BCUT2D eigenvalue weighted by Gasteiger charge is 2.12. The van der Waals surface area contributed by atoms with Crippen LogP contribution in [-0.4, -0.2) is 41.0 Å². The largest absolute Gasteiger partial charge is 0.493 e. The second-order valence-corrected chi connectivity index (χ2v) is 5.56. The van der Waals surface area contributed by atoms with Crippen LogP contribution in [0.5, 0.6) is 23.0 Å². The maximum atomic E-state index is 11.6. The molecule has 7 heteroatoms. The van der Waals surface area contributed by atoms with Crippen LogP contribution in [-0.2, 0) is 9.53 Å². The van der Waals surface area contributed by atoms with Crippen LogP contribution in [0.2, 0.25) is 0 Å². The van der Waals surface area contributed by atoms with Crippen LogP contribution in [0.15, 0.2) is 36.4 Å². The average molecular weight is 383 g/mol. The molecule has 0 saturated carbocycles. The zero-order valence-corrected chi connectivity index (χ0v) is 16.1. The predicted molar refractivity (Wildman–Crippen MR) is 104 cm³/mol. The summed E-state index contributed by atoms with van der Waals surface area (Å²) in [6, 6.07) is 12.4. The SMILES string of the molecule is COCC(=O)Oc1ccc(/C=C(/C#N)c2ccc(OC)c(OC)c2)cc1OC. The molecule has 0 radical (unpaired) electrons. The molecule has 146 valence electrons. The number of benzene rings is 2. The molecule has 2 aromatic carbocycles. The van der Waals surface area contributed by atoms with Crippen LogP contribution < -0.4 is 18.9 Å². The number of nitrogens with zero attached hydrogens (tertiary/aromatic N) is 1. The van der Waals surface area contributed by atoms with E-state index in [4.69, 9.17) is 23.7 Å². The molecule has 0 aromatic heterocycles. The van der Waals surface area contributed by atoms with Gasteiger partial charge < -0.3 is 23.7 Å². The Bertz CT molecular complexity index is 914. The van der Waals surface area contributed by atoms with Crippen LogP contribution in [0.25, 0.3) is 11.6 Å². The summed E-state index contributed by atoms with van der Waals surface area (Å²) in [5.74, 6) is 1.20. The van der Waals surface area contributed by atoms with E-state index in [1.807, 2.05) is 0 Å². The van der Waals surface area contributed by atoms with Gasteiger partial charge in [-0.05, 0) is 47.5 Å². The number of ether oxygens (including phenoxy) is 5. The van der Waals surface area contributed by atoms with E-state index in [1.165, 1.54) is 21.3 Å². The Morgan fingerprint density at radius 2 is 1.57 bits per heavy atom. The first-order valence-electron chi connectivity index (χ1n) is 8.28. The fourth-order valence-corrected chi connectivity index (χ4v) is 2.48. The van der Waals surface area contributed by atoms with Crippen molar-refractivity contribution in [2.45, 2.75) is 0 Å². The first-order valence-corrected chi connectivity index (χ1v) is 8.28. The second-order valence-electron chi connectivity index (χ2n) is 5.56. The fourth-order valence-electron chi connectivity index (χ4n) is 2.48. The first-order chi connectivity index (χ1) is 13.6. The highest BCUT2D eigenvalue weighted by molar-refractivity contribution is 5.90. The number of esters is 1. The van der Waals surface area contributed by atoms with Crippen molar-refractivity contribution < 1.29 is 28.5 Å². The quantitative estimate of drug-likeness (QED) is 0.299. The summed E-state index contributed by atoms with van der Waals surface area (Å²) in [5.41, 5.74) is 1.80. The van der Waals surface area contributed by atoms with Crippen molar-refractivity contribution in [2.75, 3.05) is 35.0 Å². The number of carbonyl (C=O) groups excluding carboxylic acids is 1. The van der Waals surface area contributed by atoms with Crippen molar-refractivity contribution in [3.8, 4) is 29.1 Å². The van der Waals surface area contributed by atoms with Gasteiger partial charge in [-0.15, -0.1) is 0 Å². The molecule has 0 atom stereocenters. The molecule has 0 bridgehead atoms. The maximum absolute atomic E-state index is 11.6. The van der Waals surface area contributed by atoms with E-state index in [9.17, 15) is 10.1 Å². The number of allylic oxidation sites excluding steroid dienone is 1. The minimum Gasteiger partial charge on any atom is -0.493 e. The second kappa shape index (κ2) is 10.00. The van der Waals surface area contributed by atoms with Gasteiger partial charge in [-0.25, -0.2) is 4.79 Å². The average Bonchev–Trinajstić information content (AvgIpc) is 2.72. The van der Waals surface area contributed by atoms with Gasteiger partial charge >= 0.3 is 5.97 Å². The van der Waals surface area contributed by atoms with Crippen molar-refractivity contribution in [3.05, 3.63) is 47.5 Å². The van der Waals surface area contributed by atoms with Crippen LogP contribution in [0.4, 0.5) is 0 Å². The van der Waals surface area contributed by atoms with Crippen molar-refractivity contribution in [1.29, 1.82) is 5.26 Å². The standard InChI is InChI=1S/C21H21NO6/c1-24-13-21(23)28-18-7-5-14(10-19(18)26-3)9-16(12-22)15-6-8-17(25-2)20(11-15)27-4/h5-11H,13H2,1-4H3/b16-9-. The van der Waals surface area contributed by atoms with Gasteiger partial charge in [-0.2, -0.15) is 5.26 Å². The zero-order valence-electron chi connectivity index (χ0n) is 16.1. The van der Waals surface area contributed by atoms with Gasteiger partial charge in [0.1, 0.15) is 6.61 Å². The molecule has 0 N–H and O–H groups in total. The van der Waals surface area contributed by atoms with E-state index in [0.717, 1.165) is 0 Å². The lowest BCUT2D eigenvalue weighted by Crippen LogP contribution is -2.14. The Hall–Kier alpha value is -3.50. The van der Waals surface area contributed by atoms with E-state index in [-0.39, 0.29) is 12.4 Å². The number of carbonyl (C=O) groups is 1. The van der Waals surface area contributed by atoms with Crippen LogP contribution >= 0.6 is 0 Å². The van der Waals surface area contributed by atoms with Gasteiger partial charge in [0.25, 0.3) is 0 Å². The Morgan fingerprint density at radius 3 is 2.18 bits per heavy atom. The number of nitriles is 1. The lowest BCUT2D eigenvalue weighted by molar-refractivity contribution is -0.138. The monoisotopic (exact) mass is 383 g/mol. The highest BCUT2D eigenvalue weighted by atomic mass is 16.6. The van der Waals surface area contributed by atoms with Crippen molar-refractivity contribution in [2.24, 2.45) is 0 Å². The van der Waals surface area contributed by atoms with E-state index in [1.54, 1.807) is 49.6 Å². The first kappa shape index (κ1) is 20.8. The third kappa shape index (κ3) is 5.02. The van der Waals surface area contributed by atoms with E-state index >= 15 is 0 Å². The number of hydrogen-bond acceptors (Lipinski definition) is 7. The molecule has 0 saturated heterocycles. The van der Waals surface area contributed by atoms with Crippen LogP contribution in [0, 0.1) is 11.3 Å². The summed E-state index contributed by atoms with van der Waals surface area (Å²) < 4.78 is 25.7. The summed E-state index contributed by atoms with van der Waals surface area (Å²) in [7, 11) is 5.96.